The quantitative estimate of drug-likeness (QED) is 0.867. The van der Waals surface area contributed by atoms with E-state index in [0.29, 0.717) is 32.7 Å². The molecule has 2 N–H and O–H groups in total. The Balaban J connectivity index is 1.94. The lowest BCUT2D eigenvalue weighted by Crippen LogP contribution is -2.56. The van der Waals surface area contributed by atoms with Crippen LogP contribution in [0.5, 0.6) is 0 Å². The highest BCUT2D eigenvalue weighted by Crippen LogP contribution is 2.18. The molecule has 0 aliphatic carbocycles. The van der Waals surface area contributed by atoms with Gasteiger partial charge in [-0.2, -0.15) is 0 Å². The van der Waals surface area contributed by atoms with Gasteiger partial charge in [-0.15, -0.1) is 0 Å². The molecule has 0 bridgehead atoms. The third-order valence-corrected chi connectivity index (χ3v) is 3.66. The lowest BCUT2D eigenvalue weighted by molar-refractivity contribution is -0.136. The van der Waals surface area contributed by atoms with Crippen LogP contribution in [0.3, 0.4) is 0 Å². The fourth-order valence-corrected chi connectivity index (χ4v) is 2.38. The van der Waals surface area contributed by atoms with Gasteiger partial charge in [0.1, 0.15) is 5.54 Å². The van der Waals surface area contributed by atoms with Gasteiger partial charge in [-0.3, -0.25) is 4.79 Å². The Morgan fingerprint density at radius 3 is 2.74 bits per heavy atom. The lowest BCUT2D eigenvalue weighted by atomic mass is 9.98. The van der Waals surface area contributed by atoms with Crippen LogP contribution < -0.4 is 5.73 Å². The van der Waals surface area contributed by atoms with E-state index in [9.17, 15) is 4.79 Å². The van der Waals surface area contributed by atoms with E-state index in [4.69, 9.17) is 10.5 Å². The number of ether oxygens (including phenoxy) is 1. The molecule has 1 unspecified atom stereocenters. The van der Waals surface area contributed by atoms with Crippen molar-refractivity contribution in [2.75, 3.05) is 26.3 Å². The van der Waals surface area contributed by atoms with Crippen molar-refractivity contribution in [3.8, 4) is 0 Å². The van der Waals surface area contributed by atoms with Gasteiger partial charge in [0.2, 0.25) is 5.91 Å². The van der Waals surface area contributed by atoms with E-state index in [2.05, 4.69) is 12.1 Å². The first-order valence-corrected chi connectivity index (χ1v) is 6.85. The van der Waals surface area contributed by atoms with Gasteiger partial charge in [0.05, 0.1) is 6.61 Å². The standard InChI is InChI=1S/C15H22N2O2/c1-2-17(10-8-13-6-4-3-5-7-13)14(18)15(16)9-11-19-12-15/h3-7H,2,8-12,16H2,1H3. The van der Waals surface area contributed by atoms with Gasteiger partial charge in [0.15, 0.2) is 0 Å². The summed E-state index contributed by atoms with van der Waals surface area (Å²) in [4.78, 5) is 14.3. The maximum atomic E-state index is 12.4. The topological polar surface area (TPSA) is 55.6 Å². The molecule has 1 saturated heterocycles. The highest BCUT2D eigenvalue weighted by molar-refractivity contribution is 5.86. The van der Waals surface area contributed by atoms with Crippen LogP contribution in [0, 0.1) is 0 Å². The van der Waals surface area contributed by atoms with Crippen LogP contribution in [0.15, 0.2) is 30.3 Å². The minimum atomic E-state index is -0.813. The van der Waals surface area contributed by atoms with Gasteiger partial charge in [0.25, 0.3) is 0 Å². The minimum Gasteiger partial charge on any atom is -0.379 e. The SMILES string of the molecule is CCN(CCc1ccccc1)C(=O)C1(N)CCOC1. The van der Waals surface area contributed by atoms with Crippen molar-refractivity contribution in [3.63, 3.8) is 0 Å². The molecule has 1 aromatic carbocycles. The van der Waals surface area contributed by atoms with E-state index >= 15 is 0 Å². The number of rotatable bonds is 5. The number of carbonyl (C=O) groups is 1. The summed E-state index contributed by atoms with van der Waals surface area (Å²) in [6.07, 6.45) is 1.48. The second kappa shape index (κ2) is 6.17. The van der Waals surface area contributed by atoms with Crippen molar-refractivity contribution < 1.29 is 9.53 Å². The molecule has 0 radical (unpaired) electrons. The van der Waals surface area contributed by atoms with Crippen molar-refractivity contribution in [1.82, 2.24) is 4.90 Å². The molecule has 104 valence electrons. The predicted molar refractivity (Wildman–Crippen MR) is 74.8 cm³/mol. The van der Waals surface area contributed by atoms with Crippen molar-refractivity contribution >= 4 is 5.91 Å². The Labute approximate surface area is 114 Å². The molecule has 1 fully saturated rings. The minimum absolute atomic E-state index is 0.0171. The van der Waals surface area contributed by atoms with Gasteiger partial charge >= 0.3 is 0 Å². The summed E-state index contributed by atoms with van der Waals surface area (Å²) in [5.41, 5.74) is 6.56. The van der Waals surface area contributed by atoms with E-state index in [0.717, 1.165) is 6.42 Å². The van der Waals surface area contributed by atoms with Gasteiger partial charge in [0, 0.05) is 19.7 Å². The van der Waals surface area contributed by atoms with Crippen LogP contribution in [0.1, 0.15) is 18.9 Å². The van der Waals surface area contributed by atoms with E-state index in [-0.39, 0.29) is 5.91 Å². The van der Waals surface area contributed by atoms with Crippen molar-refractivity contribution in [2.45, 2.75) is 25.3 Å². The predicted octanol–water partition coefficient (Wildman–Crippen LogP) is 1.20. The Morgan fingerprint density at radius 1 is 1.42 bits per heavy atom. The van der Waals surface area contributed by atoms with Gasteiger partial charge < -0.3 is 15.4 Å². The number of nitrogens with zero attached hydrogens (tertiary/aromatic N) is 1. The smallest absolute Gasteiger partial charge is 0.245 e. The first-order valence-electron chi connectivity index (χ1n) is 6.85. The number of carbonyl (C=O) groups excluding carboxylic acids is 1. The van der Waals surface area contributed by atoms with Crippen molar-refractivity contribution in [3.05, 3.63) is 35.9 Å². The maximum absolute atomic E-state index is 12.4. The number of benzene rings is 1. The van der Waals surface area contributed by atoms with Crippen molar-refractivity contribution in [2.24, 2.45) is 5.73 Å². The Hall–Kier alpha value is -1.39. The zero-order valence-electron chi connectivity index (χ0n) is 11.5. The fourth-order valence-electron chi connectivity index (χ4n) is 2.38. The highest BCUT2D eigenvalue weighted by atomic mass is 16.5. The fraction of sp³-hybridized carbons (Fsp3) is 0.533. The number of hydrogen-bond acceptors (Lipinski definition) is 3. The average molecular weight is 262 g/mol. The summed E-state index contributed by atoms with van der Waals surface area (Å²) >= 11 is 0. The number of nitrogens with two attached hydrogens (primary N) is 1. The molecule has 1 aliphatic heterocycles. The molecule has 1 aromatic rings. The molecule has 4 nitrogen and oxygen atoms in total. The summed E-state index contributed by atoms with van der Waals surface area (Å²) in [6.45, 7) is 4.30. The number of hydrogen-bond donors (Lipinski definition) is 1. The highest BCUT2D eigenvalue weighted by Gasteiger charge is 2.40. The number of amides is 1. The zero-order chi connectivity index (χ0) is 13.7. The third kappa shape index (κ3) is 3.33. The van der Waals surface area contributed by atoms with Crippen LogP contribution in [0.2, 0.25) is 0 Å². The van der Waals surface area contributed by atoms with Gasteiger partial charge in [-0.25, -0.2) is 0 Å². The molecule has 1 atom stereocenters. The Morgan fingerprint density at radius 2 is 2.16 bits per heavy atom. The molecule has 1 heterocycles. The summed E-state index contributed by atoms with van der Waals surface area (Å²) in [7, 11) is 0. The molecular formula is C15H22N2O2. The van der Waals surface area contributed by atoms with Gasteiger partial charge in [-0.05, 0) is 25.3 Å². The van der Waals surface area contributed by atoms with Crippen LogP contribution >= 0.6 is 0 Å². The van der Waals surface area contributed by atoms with E-state index in [1.807, 2.05) is 30.0 Å². The summed E-state index contributed by atoms with van der Waals surface area (Å²) < 4.78 is 5.27. The summed E-state index contributed by atoms with van der Waals surface area (Å²) in [5, 5.41) is 0. The van der Waals surface area contributed by atoms with E-state index in [1.54, 1.807) is 0 Å². The third-order valence-electron chi connectivity index (χ3n) is 3.66. The van der Waals surface area contributed by atoms with Crippen LogP contribution in [0.4, 0.5) is 0 Å². The second-order valence-electron chi connectivity index (χ2n) is 5.08. The lowest BCUT2D eigenvalue weighted by Gasteiger charge is -2.29. The van der Waals surface area contributed by atoms with Gasteiger partial charge in [-0.1, -0.05) is 30.3 Å². The zero-order valence-corrected chi connectivity index (χ0v) is 11.5. The van der Waals surface area contributed by atoms with Crippen LogP contribution in [-0.2, 0) is 16.0 Å². The molecular weight excluding hydrogens is 240 g/mol. The monoisotopic (exact) mass is 262 g/mol. The number of likely N-dealkylation sites (N-methyl/N-ethyl adjacent to an activating group) is 1. The maximum Gasteiger partial charge on any atom is 0.245 e. The molecule has 2 rings (SSSR count). The molecule has 1 amide bonds. The summed E-state index contributed by atoms with van der Waals surface area (Å²) in [6, 6.07) is 10.2. The molecule has 0 aromatic heterocycles. The Kier molecular flexibility index (Phi) is 4.56. The van der Waals surface area contributed by atoms with Crippen molar-refractivity contribution in [1.29, 1.82) is 0 Å². The first-order chi connectivity index (χ1) is 9.15. The Bertz CT molecular complexity index is 413. The average Bonchev–Trinajstić information content (AvgIpc) is 2.88. The van der Waals surface area contributed by atoms with E-state index in [1.165, 1.54) is 5.56 Å². The normalized spacial score (nSPS) is 22.4. The molecule has 4 heteroatoms. The van der Waals surface area contributed by atoms with Crippen LogP contribution in [0.25, 0.3) is 0 Å². The molecule has 1 aliphatic rings. The van der Waals surface area contributed by atoms with E-state index < -0.39 is 5.54 Å². The molecule has 19 heavy (non-hydrogen) atoms. The summed E-state index contributed by atoms with van der Waals surface area (Å²) in [5.74, 6) is 0.0171. The molecule has 0 saturated carbocycles. The first kappa shape index (κ1) is 14.0. The molecule has 0 spiro atoms. The van der Waals surface area contributed by atoms with Crippen LogP contribution in [-0.4, -0.2) is 42.6 Å². The largest absolute Gasteiger partial charge is 0.379 e. The second-order valence-corrected chi connectivity index (χ2v) is 5.08.